The first-order valence-corrected chi connectivity index (χ1v) is 38.0. The summed E-state index contributed by atoms with van der Waals surface area (Å²) in [7, 11) is 0. The Kier molecular flexibility index (Phi) is 13.7. The van der Waals surface area contributed by atoms with E-state index in [1.165, 1.54) is 208 Å². The van der Waals surface area contributed by atoms with Gasteiger partial charge in [-0.05, 0) is 225 Å². The van der Waals surface area contributed by atoms with Gasteiger partial charge in [-0.15, -0.1) is 0 Å². The van der Waals surface area contributed by atoms with Crippen LogP contribution in [0.3, 0.4) is 0 Å². The highest BCUT2D eigenvalue weighted by Crippen LogP contribution is 2.50. The van der Waals surface area contributed by atoms with Gasteiger partial charge in [-0.2, -0.15) is 0 Å². The molecule has 0 N–H and O–H groups in total. The summed E-state index contributed by atoms with van der Waals surface area (Å²) < 4.78 is 9.61. The van der Waals surface area contributed by atoms with Crippen molar-refractivity contribution < 1.29 is 0 Å². The number of hydrogen-bond acceptors (Lipinski definition) is 0. The van der Waals surface area contributed by atoms with Crippen LogP contribution in [0.4, 0.5) is 0 Å². The van der Waals surface area contributed by atoms with E-state index < -0.39 is 0 Å². The lowest BCUT2D eigenvalue weighted by Gasteiger charge is -2.13. The lowest BCUT2D eigenvalue weighted by molar-refractivity contribution is 1.18. The van der Waals surface area contributed by atoms with Crippen molar-refractivity contribution in [3.05, 3.63) is 400 Å². The van der Waals surface area contributed by atoms with Crippen LogP contribution in [-0.2, 0) is 0 Å². The van der Waals surface area contributed by atoms with Crippen molar-refractivity contribution in [2.75, 3.05) is 0 Å². The largest absolute Gasteiger partial charge is 0.309 e. The van der Waals surface area contributed by atoms with Gasteiger partial charge < -0.3 is 18.3 Å². The highest BCUT2D eigenvalue weighted by molar-refractivity contribution is 6.26. The maximum Gasteiger partial charge on any atom is 0.0547 e. The van der Waals surface area contributed by atoms with E-state index in [2.05, 4.69) is 419 Å². The molecule has 4 heteroatoms. The molecule has 0 amide bonds. The van der Waals surface area contributed by atoms with E-state index in [1.807, 2.05) is 0 Å². The molecule has 4 nitrogen and oxygen atoms in total. The van der Waals surface area contributed by atoms with Crippen molar-refractivity contribution in [1.29, 1.82) is 0 Å². The number of benzene rings is 19. The fraction of sp³-hybridized carbons (Fsp3) is 0. The number of nitrogens with zero attached hydrogens (tertiary/aromatic N) is 4. The molecule has 0 radical (unpaired) electrons. The van der Waals surface area contributed by atoms with E-state index in [9.17, 15) is 0 Å². The van der Waals surface area contributed by atoms with Crippen LogP contribution < -0.4 is 0 Å². The topological polar surface area (TPSA) is 19.7 Å². The number of rotatable bonds is 8. The van der Waals surface area contributed by atoms with Gasteiger partial charge in [-0.1, -0.05) is 285 Å². The first-order chi connectivity index (χ1) is 54.6. The van der Waals surface area contributed by atoms with E-state index in [0.717, 1.165) is 11.4 Å². The summed E-state index contributed by atoms with van der Waals surface area (Å²) in [5.74, 6) is 0. The second kappa shape index (κ2) is 24.5. The summed E-state index contributed by atoms with van der Waals surface area (Å²) in [4.78, 5) is 0. The molecule has 110 heavy (non-hydrogen) atoms. The second-order valence-electron chi connectivity index (χ2n) is 29.4. The Bertz CT molecular complexity index is 7670. The lowest BCUT2D eigenvalue weighted by Crippen LogP contribution is -1.94. The normalized spacial score (nSPS) is 12.0. The van der Waals surface area contributed by atoms with Crippen LogP contribution in [0.1, 0.15) is 0 Å². The number of fused-ring (bicyclic) bond motifs is 21. The van der Waals surface area contributed by atoms with Crippen molar-refractivity contribution in [2.45, 2.75) is 0 Å². The number of para-hydroxylation sites is 6. The van der Waals surface area contributed by atoms with Crippen molar-refractivity contribution >= 4 is 130 Å². The molecule has 23 aromatic rings. The van der Waals surface area contributed by atoms with Gasteiger partial charge >= 0.3 is 0 Å². The molecule has 0 spiro atoms. The average Bonchev–Trinajstić information content (AvgIpc) is 1.41. The molecule has 0 bridgehead atoms. The van der Waals surface area contributed by atoms with Crippen LogP contribution in [0, 0.1) is 0 Å². The first-order valence-electron chi connectivity index (χ1n) is 38.0. The summed E-state index contributed by atoms with van der Waals surface area (Å²) in [6, 6.07) is 147. The second-order valence-corrected chi connectivity index (χ2v) is 29.4. The summed E-state index contributed by atoms with van der Waals surface area (Å²) >= 11 is 0. The molecule has 0 aliphatic heterocycles. The van der Waals surface area contributed by atoms with Crippen LogP contribution in [0.15, 0.2) is 400 Å². The molecule has 4 aromatic heterocycles. The number of aromatic nitrogens is 4. The van der Waals surface area contributed by atoms with Crippen molar-refractivity contribution in [1.82, 2.24) is 18.3 Å². The van der Waals surface area contributed by atoms with E-state index in [4.69, 9.17) is 0 Å². The molecule has 4 heterocycles. The maximum absolute atomic E-state index is 2.42. The number of hydrogen-bond donors (Lipinski definition) is 0. The van der Waals surface area contributed by atoms with Gasteiger partial charge in [0.15, 0.2) is 0 Å². The van der Waals surface area contributed by atoms with E-state index in [-0.39, 0.29) is 0 Å². The Balaban J connectivity index is 0.000000132. The zero-order valence-electron chi connectivity index (χ0n) is 59.9. The summed E-state index contributed by atoms with van der Waals surface area (Å²) in [6.07, 6.45) is 0. The molecular weight excluding hydrogens is 1330 g/mol. The highest BCUT2D eigenvalue weighted by Gasteiger charge is 2.24. The molecule has 24 rings (SSSR count). The molecule has 1 aliphatic rings. The Morgan fingerprint density at radius 3 is 0.864 bits per heavy atom. The zero-order valence-corrected chi connectivity index (χ0v) is 59.9. The van der Waals surface area contributed by atoms with Crippen LogP contribution in [-0.4, -0.2) is 18.3 Å². The van der Waals surface area contributed by atoms with Crippen LogP contribution >= 0.6 is 0 Å². The quantitative estimate of drug-likeness (QED) is 0.135. The molecule has 0 saturated carbocycles. The van der Waals surface area contributed by atoms with Crippen LogP contribution in [0.2, 0.25) is 0 Å². The predicted molar refractivity (Wildman–Crippen MR) is 466 cm³/mol. The first kappa shape index (κ1) is 61.7. The van der Waals surface area contributed by atoms with Gasteiger partial charge in [0.2, 0.25) is 0 Å². The van der Waals surface area contributed by atoms with Gasteiger partial charge in [0, 0.05) is 65.8 Å². The summed E-state index contributed by atoms with van der Waals surface area (Å²) in [6.45, 7) is 0. The molecule has 0 unspecified atom stereocenters. The minimum atomic E-state index is 1.15. The van der Waals surface area contributed by atoms with Gasteiger partial charge in [0.1, 0.15) is 0 Å². The van der Waals surface area contributed by atoms with Crippen LogP contribution in [0.25, 0.3) is 220 Å². The predicted octanol–water partition coefficient (Wildman–Crippen LogP) is 28.7. The molecule has 0 saturated heterocycles. The highest BCUT2D eigenvalue weighted by atomic mass is 15.0. The van der Waals surface area contributed by atoms with E-state index >= 15 is 0 Å². The van der Waals surface area contributed by atoms with Gasteiger partial charge in [-0.3, -0.25) is 0 Å². The van der Waals surface area contributed by atoms with Gasteiger partial charge in [0.05, 0.1) is 44.1 Å². The minimum absolute atomic E-state index is 1.15. The molecular formula is C106H66N4. The maximum atomic E-state index is 2.42. The van der Waals surface area contributed by atoms with Crippen LogP contribution in [0.5, 0.6) is 0 Å². The van der Waals surface area contributed by atoms with Crippen molar-refractivity contribution in [2.24, 2.45) is 0 Å². The standard InChI is InChI=1S/C54H34N2.C52H32N2/c1-2-12-39(13-3-1)56-51-20-10-8-18-46(51)48-30-25-38(34-54(48)56)37-26-31-53-50(33-37)47-19-9-11-21-52(47)55(53)40-27-22-35(23-28-40)36-24-29-45-43-16-5-4-14-41(43)42-15-6-7-17-44(42)49(45)32-36;1-2-11-36(12-3-1)54-48-19-8-6-15-41(48)43-27-23-35(32-51(43)54)34-24-30-50-47(31-34)42-16-7-9-20-49(42)53(50)37-25-21-33(22-26-37)38-28-29-46-40-14-5-4-13-39(40)45-18-10-17-44(38)52(45)46/h1-34H;1-32H. The lowest BCUT2D eigenvalue weighted by atomic mass is 9.92. The van der Waals surface area contributed by atoms with Crippen molar-refractivity contribution in [3.8, 4) is 89.5 Å². The van der Waals surface area contributed by atoms with Crippen molar-refractivity contribution in [3.63, 3.8) is 0 Å². The molecule has 1 aliphatic carbocycles. The molecule has 0 fully saturated rings. The van der Waals surface area contributed by atoms with Gasteiger partial charge in [-0.25, -0.2) is 0 Å². The van der Waals surface area contributed by atoms with E-state index in [0.29, 0.717) is 0 Å². The molecule has 0 atom stereocenters. The van der Waals surface area contributed by atoms with Gasteiger partial charge in [0.25, 0.3) is 0 Å². The Hall–Kier alpha value is -14.6. The fourth-order valence-corrected chi connectivity index (χ4v) is 18.6. The summed E-state index contributed by atoms with van der Waals surface area (Å²) in [5.41, 5.74) is 29.4. The summed E-state index contributed by atoms with van der Waals surface area (Å²) in [5, 5.41) is 20.5. The zero-order chi connectivity index (χ0) is 72.1. The minimum Gasteiger partial charge on any atom is -0.309 e. The Morgan fingerprint density at radius 1 is 0.118 bits per heavy atom. The third kappa shape index (κ3) is 9.46. The average molecular weight is 1400 g/mol. The molecule has 510 valence electrons. The Morgan fingerprint density at radius 2 is 0.391 bits per heavy atom. The molecule has 19 aromatic carbocycles. The monoisotopic (exact) mass is 1390 g/mol. The Labute approximate surface area is 634 Å². The smallest absolute Gasteiger partial charge is 0.0547 e. The third-order valence-electron chi connectivity index (χ3n) is 23.6. The SMILES string of the molecule is c1ccc(-n2c3ccccc3c3ccc(-c4ccc5c(c4)c4ccccc4n5-c4ccc(-c5ccc6c7c(cccc57)-c5ccccc5-6)cc4)cc32)cc1.c1ccc(-n2c3ccccc3c3ccc(-c4ccc5c(c4)c4ccccc4n5-c4ccc(-c5ccc6c7ccccc7c7ccccc7c6c5)cc4)cc32)cc1. The third-order valence-corrected chi connectivity index (χ3v) is 23.6. The van der Waals surface area contributed by atoms with E-state index in [1.54, 1.807) is 0 Å². The fourth-order valence-electron chi connectivity index (χ4n) is 18.6.